The first-order chi connectivity index (χ1) is 9.60. The minimum Gasteiger partial charge on any atom is -0.318 e. The Morgan fingerprint density at radius 2 is 2.35 bits per heavy atom. The van der Waals surface area contributed by atoms with Gasteiger partial charge in [0.15, 0.2) is 5.15 Å². The van der Waals surface area contributed by atoms with E-state index in [1.165, 1.54) is 18.0 Å². The molecule has 0 radical (unpaired) electrons. The number of carbonyl (C=O) groups is 1. The van der Waals surface area contributed by atoms with Gasteiger partial charge in [-0.3, -0.25) is 9.59 Å². The predicted molar refractivity (Wildman–Crippen MR) is 79.3 cm³/mol. The van der Waals surface area contributed by atoms with Crippen molar-refractivity contribution in [1.29, 1.82) is 0 Å². The normalized spacial score (nSPS) is 10.3. The predicted octanol–water partition coefficient (Wildman–Crippen LogP) is 1.93. The molecule has 0 aliphatic carbocycles. The molecule has 6 nitrogen and oxygen atoms in total. The van der Waals surface area contributed by atoms with Gasteiger partial charge in [0.1, 0.15) is 11.5 Å². The van der Waals surface area contributed by atoms with Gasteiger partial charge < -0.3 is 10.3 Å². The third kappa shape index (κ3) is 3.58. The maximum absolute atomic E-state index is 12.1. The molecule has 0 atom stereocenters. The van der Waals surface area contributed by atoms with Crippen molar-refractivity contribution in [3.8, 4) is 0 Å². The summed E-state index contributed by atoms with van der Waals surface area (Å²) >= 11 is 7.35. The zero-order valence-corrected chi connectivity index (χ0v) is 12.1. The third-order valence-electron chi connectivity index (χ3n) is 2.31. The highest BCUT2D eigenvalue weighted by atomic mass is 35.5. The highest BCUT2D eigenvalue weighted by molar-refractivity contribution is 7.97. The van der Waals surface area contributed by atoms with Crippen molar-refractivity contribution in [3.05, 3.63) is 51.4 Å². The number of aromatic nitrogens is 3. The van der Waals surface area contributed by atoms with E-state index in [4.69, 9.17) is 11.6 Å². The summed E-state index contributed by atoms with van der Waals surface area (Å²) in [6.45, 7) is 0. The molecule has 0 aliphatic rings. The van der Waals surface area contributed by atoms with Crippen LogP contribution in [0.3, 0.4) is 0 Å². The Morgan fingerprint density at radius 3 is 3.05 bits per heavy atom. The standard InChI is InChI=1S/C12H11ClN4O2S/c1-20-6-9-15-8(5-10(18)17-9)12(19)16-7-3-2-4-14-11(7)13/h2-5H,6H2,1H3,(H,16,19)(H,15,17,18). The summed E-state index contributed by atoms with van der Waals surface area (Å²) in [4.78, 5) is 34.1. The molecular formula is C12H11ClN4O2S. The average molecular weight is 311 g/mol. The first-order valence-corrected chi connectivity index (χ1v) is 7.38. The molecule has 0 aliphatic heterocycles. The van der Waals surface area contributed by atoms with E-state index in [2.05, 4.69) is 20.3 Å². The lowest BCUT2D eigenvalue weighted by Gasteiger charge is -2.06. The van der Waals surface area contributed by atoms with Crippen LogP contribution in [0.1, 0.15) is 16.3 Å². The number of halogens is 1. The number of pyridine rings is 1. The van der Waals surface area contributed by atoms with Crippen LogP contribution < -0.4 is 10.9 Å². The van der Waals surface area contributed by atoms with Crippen LogP contribution >= 0.6 is 23.4 Å². The Balaban J connectivity index is 2.25. The van der Waals surface area contributed by atoms with Crippen LogP contribution in [0.5, 0.6) is 0 Å². The summed E-state index contributed by atoms with van der Waals surface area (Å²) in [6, 6.07) is 4.40. The summed E-state index contributed by atoms with van der Waals surface area (Å²) in [5.41, 5.74) is 0.0388. The van der Waals surface area contributed by atoms with Gasteiger partial charge in [-0.1, -0.05) is 11.6 Å². The number of thioether (sulfide) groups is 1. The van der Waals surface area contributed by atoms with Gasteiger partial charge in [0.05, 0.1) is 11.4 Å². The molecule has 0 aromatic carbocycles. The van der Waals surface area contributed by atoms with Crippen LogP contribution in [0.15, 0.2) is 29.2 Å². The van der Waals surface area contributed by atoms with Gasteiger partial charge in [-0.15, -0.1) is 0 Å². The summed E-state index contributed by atoms with van der Waals surface area (Å²) in [5.74, 6) is 0.463. The lowest BCUT2D eigenvalue weighted by Crippen LogP contribution is -2.20. The number of H-pyrrole nitrogens is 1. The quantitative estimate of drug-likeness (QED) is 0.843. The highest BCUT2D eigenvalue weighted by Crippen LogP contribution is 2.17. The second kappa shape index (κ2) is 6.53. The van der Waals surface area contributed by atoms with Crippen LogP contribution in [0.25, 0.3) is 0 Å². The average Bonchev–Trinajstić information content (AvgIpc) is 2.41. The largest absolute Gasteiger partial charge is 0.318 e. The second-order valence-corrected chi connectivity index (χ2v) is 5.03. The number of nitrogens with one attached hydrogen (secondary N) is 2. The number of carbonyl (C=O) groups excluding carboxylic acids is 1. The van der Waals surface area contributed by atoms with E-state index in [-0.39, 0.29) is 16.4 Å². The minimum absolute atomic E-state index is 0.0396. The summed E-state index contributed by atoms with van der Waals surface area (Å²) in [5, 5.41) is 2.74. The second-order valence-electron chi connectivity index (χ2n) is 3.81. The summed E-state index contributed by atoms with van der Waals surface area (Å²) in [7, 11) is 0. The van der Waals surface area contributed by atoms with Crippen molar-refractivity contribution < 1.29 is 4.79 Å². The maximum atomic E-state index is 12.1. The molecule has 2 rings (SSSR count). The Morgan fingerprint density at radius 1 is 1.55 bits per heavy atom. The van der Waals surface area contributed by atoms with Gasteiger partial charge in [0.2, 0.25) is 0 Å². The molecule has 0 saturated carbocycles. The van der Waals surface area contributed by atoms with Crippen molar-refractivity contribution in [2.45, 2.75) is 5.75 Å². The molecule has 2 N–H and O–H groups in total. The Labute approximate surface area is 124 Å². The molecular weight excluding hydrogens is 300 g/mol. The molecule has 0 spiro atoms. The van der Waals surface area contributed by atoms with Crippen LogP contribution in [-0.4, -0.2) is 27.1 Å². The number of rotatable bonds is 4. The van der Waals surface area contributed by atoms with E-state index in [1.807, 2.05) is 6.26 Å². The third-order valence-corrected chi connectivity index (χ3v) is 3.18. The fraction of sp³-hybridized carbons (Fsp3) is 0.167. The van der Waals surface area contributed by atoms with E-state index in [1.54, 1.807) is 12.1 Å². The molecule has 20 heavy (non-hydrogen) atoms. The number of hydrogen-bond donors (Lipinski definition) is 2. The van der Waals surface area contributed by atoms with Gasteiger partial charge in [0.25, 0.3) is 11.5 Å². The van der Waals surface area contributed by atoms with Gasteiger partial charge in [-0.25, -0.2) is 9.97 Å². The molecule has 2 aromatic heterocycles. The van der Waals surface area contributed by atoms with Gasteiger partial charge in [-0.2, -0.15) is 11.8 Å². The fourth-order valence-electron chi connectivity index (χ4n) is 1.50. The molecule has 2 aromatic rings. The zero-order valence-electron chi connectivity index (χ0n) is 10.5. The minimum atomic E-state index is -0.506. The Bertz CT molecular complexity index is 689. The van der Waals surface area contributed by atoms with Crippen LogP contribution in [0, 0.1) is 0 Å². The summed E-state index contributed by atoms with van der Waals surface area (Å²) in [6.07, 6.45) is 3.39. The molecule has 8 heteroatoms. The number of nitrogens with zero attached hydrogens (tertiary/aromatic N) is 2. The van der Waals surface area contributed by atoms with E-state index >= 15 is 0 Å². The van der Waals surface area contributed by atoms with Gasteiger partial charge in [0, 0.05) is 12.3 Å². The van der Waals surface area contributed by atoms with Gasteiger partial charge >= 0.3 is 0 Å². The SMILES string of the molecule is CSCc1nc(C(=O)Nc2cccnc2Cl)cc(=O)[nH]1. The smallest absolute Gasteiger partial charge is 0.274 e. The van der Waals surface area contributed by atoms with Crippen molar-refractivity contribution in [3.63, 3.8) is 0 Å². The van der Waals surface area contributed by atoms with E-state index in [0.29, 0.717) is 17.3 Å². The lowest BCUT2D eigenvalue weighted by atomic mass is 10.3. The fourth-order valence-corrected chi connectivity index (χ4v) is 2.07. The number of anilines is 1. The monoisotopic (exact) mass is 310 g/mol. The van der Waals surface area contributed by atoms with Crippen LogP contribution in [0.4, 0.5) is 5.69 Å². The Hall–Kier alpha value is -1.86. The molecule has 104 valence electrons. The molecule has 0 saturated heterocycles. The maximum Gasteiger partial charge on any atom is 0.274 e. The lowest BCUT2D eigenvalue weighted by molar-refractivity contribution is 0.102. The Kier molecular flexibility index (Phi) is 4.75. The number of aromatic amines is 1. The highest BCUT2D eigenvalue weighted by Gasteiger charge is 2.12. The number of hydrogen-bond acceptors (Lipinski definition) is 5. The molecule has 0 bridgehead atoms. The molecule has 0 unspecified atom stereocenters. The van der Waals surface area contributed by atoms with Gasteiger partial charge in [-0.05, 0) is 18.4 Å². The van der Waals surface area contributed by atoms with E-state index in [9.17, 15) is 9.59 Å². The van der Waals surface area contributed by atoms with E-state index in [0.717, 1.165) is 6.07 Å². The summed E-state index contributed by atoms with van der Waals surface area (Å²) < 4.78 is 0. The van der Waals surface area contributed by atoms with Crippen molar-refractivity contribution in [1.82, 2.24) is 15.0 Å². The first kappa shape index (κ1) is 14.5. The molecule has 1 amide bonds. The van der Waals surface area contributed by atoms with Crippen molar-refractivity contribution >= 4 is 35.0 Å². The zero-order chi connectivity index (χ0) is 14.5. The topological polar surface area (TPSA) is 87.7 Å². The van der Waals surface area contributed by atoms with Crippen molar-refractivity contribution in [2.75, 3.05) is 11.6 Å². The molecule has 2 heterocycles. The van der Waals surface area contributed by atoms with Crippen LogP contribution in [0.2, 0.25) is 5.15 Å². The van der Waals surface area contributed by atoms with Crippen LogP contribution in [-0.2, 0) is 5.75 Å². The molecule has 0 fully saturated rings. The number of amides is 1. The van der Waals surface area contributed by atoms with Crippen molar-refractivity contribution in [2.24, 2.45) is 0 Å². The van der Waals surface area contributed by atoms with E-state index < -0.39 is 5.91 Å². The first-order valence-electron chi connectivity index (χ1n) is 5.61.